The highest BCUT2D eigenvalue weighted by molar-refractivity contribution is 7.87. The highest BCUT2D eigenvalue weighted by Gasteiger charge is 2.54. The Balaban J connectivity index is 3.28. The molecule has 1 unspecified atom stereocenters. The van der Waals surface area contributed by atoms with Gasteiger partial charge in [-0.05, 0) is 6.07 Å². The summed E-state index contributed by atoms with van der Waals surface area (Å²) in [6.45, 7) is 0. The smallest absolute Gasteiger partial charge is 0.245 e. The summed E-state index contributed by atoms with van der Waals surface area (Å²) in [4.78, 5) is 0. The van der Waals surface area contributed by atoms with Crippen LogP contribution in [0, 0.1) is 5.82 Å². The second kappa shape index (κ2) is 5.20. The molecule has 1 rings (SSSR count). The van der Waals surface area contributed by atoms with Gasteiger partial charge in [-0.25, -0.2) is 8.57 Å². The highest BCUT2D eigenvalue weighted by Crippen LogP contribution is 2.40. The van der Waals surface area contributed by atoms with Crippen LogP contribution in [0.1, 0.15) is 11.7 Å². The Hall–Kier alpha value is -1.36. The molecular formula is C9H5F7O3S. The molecule has 11 heteroatoms. The summed E-state index contributed by atoms with van der Waals surface area (Å²) in [5, 5.41) is 0. The maximum absolute atomic E-state index is 13.2. The quantitative estimate of drug-likeness (QED) is 0.486. The Morgan fingerprint density at radius 3 is 1.90 bits per heavy atom. The summed E-state index contributed by atoms with van der Waals surface area (Å²) in [7, 11) is -6.53. The van der Waals surface area contributed by atoms with Crippen LogP contribution in [0.15, 0.2) is 24.3 Å². The van der Waals surface area contributed by atoms with Gasteiger partial charge < -0.3 is 0 Å². The van der Waals surface area contributed by atoms with E-state index in [1.165, 1.54) is 0 Å². The molecule has 1 aromatic rings. The van der Waals surface area contributed by atoms with Crippen molar-refractivity contribution in [3.8, 4) is 0 Å². The van der Waals surface area contributed by atoms with Gasteiger partial charge in [-0.1, -0.05) is 18.2 Å². The molecule has 20 heavy (non-hydrogen) atoms. The molecule has 0 saturated heterocycles. The van der Waals surface area contributed by atoms with Gasteiger partial charge in [0.2, 0.25) is 6.10 Å². The van der Waals surface area contributed by atoms with Gasteiger partial charge >= 0.3 is 21.8 Å². The van der Waals surface area contributed by atoms with E-state index in [1.54, 1.807) is 0 Å². The van der Waals surface area contributed by atoms with Crippen molar-refractivity contribution < 1.29 is 43.3 Å². The van der Waals surface area contributed by atoms with Crippen LogP contribution in [-0.4, -0.2) is 20.1 Å². The van der Waals surface area contributed by atoms with Crippen LogP contribution in [0.2, 0.25) is 0 Å². The van der Waals surface area contributed by atoms with E-state index in [-0.39, 0.29) is 0 Å². The lowest BCUT2D eigenvalue weighted by atomic mass is 10.1. The van der Waals surface area contributed by atoms with E-state index in [4.69, 9.17) is 0 Å². The van der Waals surface area contributed by atoms with Gasteiger partial charge in [0.15, 0.2) is 0 Å². The van der Waals surface area contributed by atoms with Crippen molar-refractivity contribution in [2.75, 3.05) is 0 Å². The first-order valence-corrected chi connectivity index (χ1v) is 6.08. The summed E-state index contributed by atoms with van der Waals surface area (Å²) < 4.78 is 111. The molecule has 0 fully saturated rings. The molecule has 1 atom stereocenters. The topological polar surface area (TPSA) is 43.4 Å². The maximum Gasteiger partial charge on any atom is 0.523 e. The normalized spacial score (nSPS) is 15.2. The lowest BCUT2D eigenvalue weighted by molar-refractivity contribution is -0.201. The van der Waals surface area contributed by atoms with Crippen LogP contribution in [0.4, 0.5) is 30.7 Å². The second-order valence-electron chi connectivity index (χ2n) is 3.44. The molecule has 3 nitrogen and oxygen atoms in total. The fourth-order valence-electron chi connectivity index (χ4n) is 1.15. The number of hydrogen-bond acceptors (Lipinski definition) is 3. The monoisotopic (exact) mass is 326 g/mol. The minimum Gasteiger partial charge on any atom is -0.245 e. The van der Waals surface area contributed by atoms with Gasteiger partial charge in [0.25, 0.3) is 0 Å². The van der Waals surface area contributed by atoms with Crippen molar-refractivity contribution in [2.24, 2.45) is 0 Å². The summed E-state index contributed by atoms with van der Waals surface area (Å²) >= 11 is 0. The van der Waals surface area contributed by atoms with Crippen molar-refractivity contribution in [2.45, 2.75) is 17.8 Å². The van der Waals surface area contributed by atoms with E-state index in [9.17, 15) is 39.2 Å². The Kier molecular flexibility index (Phi) is 4.34. The molecule has 0 heterocycles. The molecule has 0 spiro atoms. The van der Waals surface area contributed by atoms with Crippen LogP contribution < -0.4 is 0 Å². The molecule has 1 aromatic carbocycles. The number of rotatable bonds is 3. The van der Waals surface area contributed by atoms with Crippen molar-refractivity contribution in [1.29, 1.82) is 0 Å². The van der Waals surface area contributed by atoms with E-state index in [2.05, 4.69) is 4.18 Å². The van der Waals surface area contributed by atoms with Crippen LogP contribution in [0.5, 0.6) is 0 Å². The number of hydrogen-bond donors (Lipinski definition) is 0. The van der Waals surface area contributed by atoms with Gasteiger partial charge in [0.1, 0.15) is 5.82 Å². The minimum atomic E-state index is -6.53. The summed E-state index contributed by atoms with van der Waals surface area (Å²) in [5.74, 6) is -1.55. The molecule has 0 bridgehead atoms. The zero-order valence-electron chi connectivity index (χ0n) is 9.17. The van der Waals surface area contributed by atoms with Gasteiger partial charge in [-0.3, -0.25) is 0 Å². The lowest BCUT2D eigenvalue weighted by Gasteiger charge is -2.21. The third-order valence-corrected chi connectivity index (χ3v) is 3.00. The molecule has 0 aliphatic heterocycles. The largest absolute Gasteiger partial charge is 0.523 e. The van der Waals surface area contributed by atoms with Crippen LogP contribution in [0.25, 0.3) is 0 Å². The first-order valence-electron chi connectivity index (χ1n) is 4.67. The molecule has 0 saturated carbocycles. The first-order chi connectivity index (χ1) is 8.86. The van der Waals surface area contributed by atoms with Gasteiger partial charge in [0, 0.05) is 5.56 Å². The average Bonchev–Trinajstić information content (AvgIpc) is 2.24. The third kappa shape index (κ3) is 3.60. The Bertz CT molecular complexity index is 576. The molecule has 0 radical (unpaired) electrons. The average molecular weight is 326 g/mol. The van der Waals surface area contributed by atoms with Crippen LogP contribution in [0.3, 0.4) is 0 Å². The second-order valence-corrected chi connectivity index (χ2v) is 5.00. The van der Waals surface area contributed by atoms with Crippen molar-refractivity contribution in [3.05, 3.63) is 35.6 Å². The summed E-state index contributed by atoms with van der Waals surface area (Å²) in [5.41, 5.74) is -7.42. The predicted molar refractivity (Wildman–Crippen MR) is 51.3 cm³/mol. The zero-order chi connectivity index (χ0) is 15.8. The SMILES string of the molecule is O=S(=O)(OC(c1ccccc1F)C(F)(F)F)C(F)(F)F. The van der Waals surface area contributed by atoms with Crippen molar-refractivity contribution in [3.63, 3.8) is 0 Å². The van der Waals surface area contributed by atoms with E-state index in [0.29, 0.717) is 12.1 Å². The Morgan fingerprint density at radius 1 is 1.00 bits per heavy atom. The minimum absolute atomic E-state index is 0.472. The molecular weight excluding hydrogens is 321 g/mol. The highest BCUT2D eigenvalue weighted by atomic mass is 32.2. The van der Waals surface area contributed by atoms with Gasteiger partial charge in [-0.2, -0.15) is 34.8 Å². The molecule has 0 aromatic heterocycles. The van der Waals surface area contributed by atoms with E-state index < -0.39 is 39.3 Å². The maximum atomic E-state index is 13.2. The Morgan fingerprint density at radius 2 is 1.50 bits per heavy atom. The molecule has 0 amide bonds. The molecule has 0 aliphatic carbocycles. The van der Waals surface area contributed by atoms with E-state index in [1.807, 2.05) is 0 Å². The van der Waals surface area contributed by atoms with Crippen LogP contribution in [-0.2, 0) is 14.3 Å². The molecule has 0 aliphatic rings. The first kappa shape index (κ1) is 16.7. The predicted octanol–water partition coefficient (Wildman–Crippen LogP) is 3.30. The van der Waals surface area contributed by atoms with Crippen LogP contribution >= 0.6 is 0 Å². The summed E-state index contributed by atoms with van der Waals surface area (Å²) in [6.07, 6.45) is -9.14. The lowest BCUT2D eigenvalue weighted by Crippen LogP contribution is -2.33. The number of benzene rings is 1. The van der Waals surface area contributed by atoms with Gasteiger partial charge in [-0.15, -0.1) is 0 Å². The summed E-state index contributed by atoms with van der Waals surface area (Å²) in [6, 6.07) is 2.86. The van der Waals surface area contributed by atoms with Crippen molar-refractivity contribution in [1.82, 2.24) is 0 Å². The van der Waals surface area contributed by atoms with E-state index >= 15 is 0 Å². The van der Waals surface area contributed by atoms with Gasteiger partial charge in [0.05, 0.1) is 0 Å². The van der Waals surface area contributed by atoms with E-state index in [0.717, 1.165) is 12.1 Å². The number of alkyl halides is 6. The Labute approximate surface area is 108 Å². The fourth-order valence-corrected chi connectivity index (χ4v) is 1.73. The molecule has 114 valence electrons. The fraction of sp³-hybridized carbons (Fsp3) is 0.333. The van der Waals surface area contributed by atoms with Crippen molar-refractivity contribution >= 4 is 10.1 Å². The zero-order valence-corrected chi connectivity index (χ0v) is 9.98. The standard InChI is InChI=1S/C9H5F7O3S/c10-6-4-2-1-3-5(6)7(8(11,12)13)19-20(17,18)9(14,15)16/h1-4,7H. The molecule has 0 N–H and O–H groups in total. The number of halogens is 7. The third-order valence-electron chi connectivity index (χ3n) is 1.99.